The molecule has 0 heteroatoms. The smallest absolute Gasteiger partial charge is 0.0290 e. The van der Waals surface area contributed by atoms with E-state index in [-0.39, 0.29) is 0 Å². The van der Waals surface area contributed by atoms with Gasteiger partial charge in [-0.15, -0.1) is 0 Å². The Bertz CT molecular complexity index is 149. The lowest BCUT2D eigenvalue weighted by atomic mass is 10.1. The van der Waals surface area contributed by atoms with Crippen molar-refractivity contribution in [1.82, 2.24) is 0 Å². The average molecular weight is 166 g/mol. The minimum atomic E-state index is 0.702. The summed E-state index contributed by atoms with van der Waals surface area (Å²) in [6.45, 7) is 8.74. The number of hydrogen-bond acceptors (Lipinski definition) is 0. The zero-order valence-electron chi connectivity index (χ0n) is 8.93. The molecule has 0 amide bonds. The first-order valence-corrected chi connectivity index (χ1v) is 4.95. The Balaban J connectivity index is 3.33. The highest BCUT2D eigenvalue weighted by Gasteiger charge is 1.87. The molecule has 0 N–H and O–H groups in total. The van der Waals surface area contributed by atoms with Crippen LogP contribution < -0.4 is 0 Å². The summed E-state index contributed by atoms with van der Waals surface area (Å²) in [5, 5.41) is 0. The fourth-order valence-corrected chi connectivity index (χ4v) is 1.01. The number of allylic oxidation sites excluding steroid dienone is 4. The Morgan fingerprint density at radius 1 is 1.33 bits per heavy atom. The van der Waals surface area contributed by atoms with Crippen molar-refractivity contribution in [3.05, 3.63) is 23.8 Å². The van der Waals surface area contributed by atoms with Gasteiger partial charge in [-0.3, -0.25) is 0 Å². The van der Waals surface area contributed by atoms with E-state index in [1.54, 1.807) is 0 Å². The third-order valence-electron chi connectivity index (χ3n) is 1.96. The fraction of sp³-hybridized carbons (Fsp3) is 0.667. The Morgan fingerprint density at radius 2 is 2.00 bits per heavy atom. The first kappa shape index (κ1) is 11.5. The van der Waals surface area contributed by atoms with E-state index >= 15 is 0 Å². The second-order valence-electron chi connectivity index (χ2n) is 3.70. The molecule has 0 nitrogen and oxygen atoms in total. The zero-order valence-corrected chi connectivity index (χ0v) is 8.93. The average Bonchev–Trinajstić information content (AvgIpc) is 2.03. The Hall–Kier alpha value is -0.520. The minimum Gasteiger partial charge on any atom is -0.0887 e. The third-order valence-corrected chi connectivity index (χ3v) is 1.96. The van der Waals surface area contributed by atoms with E-state index in [1.807, 2.05) is 0 Å². The lowest BCUT2D eigenvalue weighted by Crippen LogP contribution is -1.79. The molecule has 0 aliphatic heterocycles. The van der Waals surface area contributed by atoms with Gasteiger partial charge in [-0.2, -0.15) is 0 Å². The van der Waals surface area contributed by atoms with E-state index in [0.717, 1.165) is 0 Å². The summed E-state index contributed by atoms with van der Waals surface area (Å²) in [4.78, 5) is 0. The second kappa shape index (κ2) is 7.15. The van der Waals surface area contributed by atoms with Crippen LogP contribution in [0.5, 0.6) is 0 Å². The molecule has 0 atom stereocenters. The van der Waals surface area contributed by atoms with Gasteiger partial charge in [-0.1, -0.05) is 37.6 Å². The van der Waals surface area contributed by atoms with Crippen LogP contribution in [0.25, 0.3) is 0 Å². The molecule has 0 aromatic carbocycles. The highest BCUT2D eigenvalue weighted by molar-refractivity contribution is 4.96. The number of hydrogen-bond donors (Lipinski definition) is 0. The van der Waals surface area contributed by atoms with Crippen LogP contribution in [0.4, 0.5) is 0 Å². The molecule has 0 rings (SSSR count). The van der Waals surface area contributed by atoms with Crippen molar-refractivity contribution in [1.29, 1.82) is 0 Å². The van der Waals surface area contributed by atoms with Crippen molar-refractivity contribution >= 4 is 0 Å². The summed E-state index contributed by atoms with van der Waals surface area (Å²) in [6, 6.07) is 0. The highest BCUT2D eigenvalue weighted by atomic mass is 13.9. The molecule has 0 radical (unpaired) electrons. The maximum atomic E-state index is 2.30. The van der Waals surface area contributed by atoms with Crippen LogP contribution >= 0.6 is 0 Å². The summed E-state index contributed by atoms with van der Waals surface area (Å²) >= 11 is 0. The number of rotatable bonds is 5. The quantitative estimate of drug-likeness (QED) is 0.421. The van der Waals surface area contributed by atoms with Gasteiger partial charge in [0.25, 0.3) is 0 Å². The van der Waals surface area contributed by atoms with Crippen LogP contribution in [0.15, 0.2) is 23.8 Å². The standard InChI is InChI=1S/C12H22/c1-5-12(4)10-8-6-7-9-11(2)3/h5,7,9,11H,6,8,10H2,1-4H3. The minimum absolute atomic E-state index is 0.702. The van der Waals surface area contributed by atoms with Crippen LogP contribution in [-0.4, -0.2) is 0 Å². The molecule has 0 aromatic rings. The molecule has 0 bridgehead atoms. The summed E-state index contributed by atoms with van der Waals surface area (Å²) in [5.74, 6) is 0.702. The number of unbranched alkanes of at least 4 members (excludes halogenated alkanes) is 1. The van der Waals surface area contributed by atoms with Crippen LogP contribution in [-0.2, 0) is 0 Å². The topological polar surface area (TPSA) is 0 Å². The third kappa shape index (κ3) is 7.59. The lowest BCUT2D eigenvalue weighted by molar-refractivity contribution is 0.797. The van der Waals surface area contributed by atoms with Crippen LogP contribution in [0.1, 0.15) is 47.0 Å². The first-order valence-electron chi connectivity index (χ1n) is 4.95. The maximum Gasteiger partial charge on any atom is -0.0290 e. The Morgan fingerprint density at radius 3 is 2.50 bits per heavy atom. The SMILES string of the molecule is CC=C(C)CCCC=CC(C)C. The maximum absolute atomic E-state index is 2.30. The monoisotopic (exact) mass is 166 g/mol. The van der Waals surface area contributed by atoms with Gasteiger partial charge in [0.15, 0.2) is 0 Å². The van der Waals surface area contributed by atoms with E-state index in [2.05, 4.69) is 45.9 Å². The largest absolute Gasteiger partial charge is 0.0887 e. The summed E-state index contributed by atoms with van der Waals surface area (Å²) in [6.07, 6.45) is 10.5. The van der Waals surface area contributed by atoms with E-state index < -0.39 is 0 Å². The molecule has 0 heterocycles. The lowest BCUT2D eigenvalue weighted by Gasteiger charge is -1.97. The van der Waals surface area contributed by atoms with Crippen molar-refractivity contribution in [3.8, 4) is 0 Å². The van der Waals surface area contributed by atoms with Gasteiger partial charge in [0.05, 0.1) is 0 Å². The van der Waals surface area contributed by atoms with Gasteiger partial charge in [0.2, 0.25) is 0 Å². The van der Waals surface area contributed by atoms with Crippen LogP contribution in [0.2, 0.25) is 0 Å². The summed E-state index contributed by atoms with van der Waals surface area (Å²) < 4.78 is 0. The molecule has 0 unspecified atom stereocenters. The van der Waals surface area contributed by atoms with E-state index in [9.17, 15) is 0 Å². The molecule has 0 saturated heterocycles. The van der Waals surface area contributed by atoms with E-state index in [0.29, 0.717) is 5.92 Å². The second-order valence-corrected chi connectivity index (χ2v) is 3.70. The zero-order chi connectivity index (χ0) is 9.40. The van der Waals surface area contributed by atoms with Gasteiger partial charge >= 0.3 is 0 Å². The normalized spacial score (nSPS) is 13.2. The van der Waals surface area contributed by atoms with E-state index in [4.69, 9.17) is 0 Å². The molecular weight excluding hydrogens is 144 g/mol. The van der Waals surface area contributed by atoms with Crippen molar-refractivity contribution in [2.75, 3.05) is 0 Å². The summed E-state index contributed by atoms with van der Waals surface area (Å²) in [7, 11) is 0. The van der Waals surface area contributed by atoms with Crippen molar-refractivity contribution < 1.29 is 0 Å². The van der Waals surface area contributed by atoms with Crippen LogP contribution in [0.3, 0.4) is 0 Å². The van der Waals surface area contributed by atoms with Gasteiger partial charge in [-0.05, 0) is 39.0 Å². The van der Waals surface area contributed by atoms with Crippen molar-refractivity contribution in [2.45, 2.75) is 47.0 Å². The fourth-order valence-electron chi connectivity index (χ4n) is 1.01. The van der Waals surface area contributed by atoms with Crippen molar-refractivity contribution in [3.63, 3.8) is 0 Å². The molecule has 0 aromatic heterocycles. The predicted octanol–water partition coefficient (Wildman–Crippen LogP) is 4.34. The van der Waals surface area contributed by atoms with Gasteiger partial charge < -0.3 is 0 Å². The molecule has 0 fully saturated rings. The molecular formula is C12H22. The summed E-state index contributed by atoms with van der Waals surface area (Å²) in [5.41, 5.74) is 1.51. The molecule has 0 aliphatic rings. The van der Waals surface area contributed by atoms with E-state index in [1.165, 1.54) is 24.8 Å². The Kier molecular flexibility index (Phi) is 6.84. The molecule has 0 aliphatic carbocycles. The molecule has 12 heavy (non-hydrogen) atoms. The highest BCUT2D eigenvalue weighted by Crippen LogP contribution is 2.07. The molecule has 0 spiro atoms. The van der Waals surface area contributed by atoms with Gasteiger partial charge in [-0.25, -0.2) is 0 Å². The molecule has 0 saturated carbocycles. The Labute approximate surface area is 77.4 Å². The van der Waals surface area contributed by atoms with Crippen LogP contribution in [0, 0.1) is 5.92 Å². The van der Waals surface area contributed by atoms with Crippen molar-refractivity contribution in [2.24, 2.45) is 5.92 Å². The van der Waals surface area contributed by atoms with Gasteiger partial charge in [0.1, 0.15) is 0 Å². The first-order chi connectivity index (χ1) is 5.66. The predicted molar refractivity (Wildman–Crippen MR) is 57.3 cm³/mol. The van der Waals surface area contributed by atoms with Gasteiger partial charge in [0, 0.05) is 0 Å². The molecule has 70 valence electrons.